The molecule has 2 heteroatoms. The number of likely N-dealkylation sites (N-methyl/N-ethyl adjacent to an activating group) is 1. The molecule has 0 radical (unpaired) electrons. The minimum absolute atomic E-state index is 0.623. The molecule has 0 aromatic rings. The van der Waals surface area contributed by atoms with Crippen molar-refractivity contribution in [1.29, 1.82) is 0 Å². The Morgan fingerprint density at radius 3 is 1.65 bits per heavy atom. The van der Waals surface area contributed by atoms with Gasteiger partial charge in [0.25, 0.3) is 0 Å². The Labute approximate surface area is 109 Å². The highest BCUT2D eigenvalue weighted by atomic mass is 15.1. The lowest BCUT2D eigenvalue weighted by Gasteiger charge is -2.32. The fraction of sp³-hybridized carbons (Fsp3) is 1.00. The molecule has 0 aliphatic heterocycles. The molecule has 0 aliphatic carbocycles. The SMILES string of the molecule is CCC(C)C(CN(CC(C)C)CC(C)C)NC. The van der Waals surface area contributed by atoms with Crippen LogP contribution in [0.5, 0.6) is 0 Å². The molecule has 0 fully saturated rings. The van der Waals surface area contributed by atoms with Crippen molar-refractivity contribution in [2.24, 2.45) is 17.8 Å². The largest absolute Gasteiger partial charge is 0.315 e. The Balaban J connectivity index is 4.36. The van der Waals surface area contributed by atoms with Gasteiger partial charge >= 0.3 is 0 Å². The third kappa shape index (κ3) is 7.77. The standard InChI is InChI=1S/C15H34N2/c1-8-14(6)15(16-7)11-17(9-12(2)3)10-13(4)5/h12-16H,8-11H2,1-7H3. The van der Waals surface area contributed by atoms with Crippen LogP contribution in [0.25, 0.3) is 0 Å². The summed E-state index contributed by atoms with van der Waals surface area (Å²) in [6.07, 6.45) is 1.25. The van der Waals surface area contributed by atoms with Crippen LogP contribution in [0.15, 0.2) is 0 Å². The van der Waals surface area contributed by atoms with Crippen molar-refractivity contribution in [3.63, 3.8) is 0 Å². The monoisotopic (exact) mass is 242 g/mol. The van der Waals surface area contributed by atoms with Gasteiger partial charge < -0.3 is 10.2 Å². The van der Waals surface area contributed by atoms with Crippen LogP contribution in [0.1, 0.15) is 48.0 Å². The molecule has 0 saturated heterocycles. The van der Waals surface area contributed by atoms with Crippen LogP contribution in [0.3, 0.4) is 0 Å². The molecule has 2 unspecified atom stereocenters. The predicted octanol–water partition coefficient (Wildman–Crippen LogP) is 3.23. The lowest BCUT2D eigenvalue weighted by Crippen LogP contribution is -2.45. The Morgan fingerprint density at radius 1 is 0.882 bits per heavy atom. The summed E-state index contributed by atoms with van der Waals surface area (Å²) >= 11 is 0. The van der Waals surface area contributed by atoms with E-state index in [1.165, 1.54) is 26.1 Å². The highest BCUT2D eigenvalue weighted by Crippen LogP contribution is 2.11. The Morgan fingerprint density at radius 2 is 1.35 bits per heavy atom. The van der Waals surface area contributed by atoms with E-state index in [1.54, 1.807) is 0 Å². The quantitative estimate of drug-likeness (QED) is 0.668. The molecular formula is C15H34N2. The zero-order chi connectivity index (χ0) is 13.4. The third-order valence-corrected chi connectivity index (χ3v) is 3.40. The van der Waals surface area contributed by atoms with Gasteiger partial charge in [-0.2, -0.15) is 0 Å². The van der Waals surface area contributed by atoms with Gasteiger partial charge in [0.05, 0.1) is 0 Å². The number of rotatable bonds is 9. The van der Waals surface area contributed by atoms with Gasteiger partial charge in [-0.05, 0) is 24.8 Å². The first-order valence-corrected chi connectivity index (χ1v) is 7.30. The van der Waals surface area contributed by atoms with Crippen molar-refractivity contribution in [1.82, 2.24) is 10.2 Å². The molecule has 104 valence electrons. The van der Waals surface area contributed by atoms with Crippen LogP contribution in [-0.2, 0) is 0 Å². The molecule has 0 saturated carbocycles. The van der Waals surface area contributed by atoms with E-state index in [-0.39, 0.29) is 0 Å². The molecule has 0 amide bonds. The Hall–Kier alpha value is -0.0800. The molecule has 1 N–H and O–H groups in total. The van der Waals surface area contributed by atoms with E-state index in [2.05, 4.69) is 58.8 Å². The van der Waals surface area contributed by atoms with Gasteiger partial charge in [0.1, 0.15) is 0 Å². The minimum atomic E-state index is 0.623. The van der Waals surface area contributed by atoms with E-state index >= 15 is 0 Å². The maximum absolute atomic E-state index is 3.49. The molecule has 0 rings (SSSR count). The van der Waals surface area contributed by atoms with Gasteiger partial charge in [0, 0.05) is 25.7 Å². The summed E-state index contributed by atoms with van der Waals surface area (Å²) in [5, 5.41) is 3.49. The second kappa shape index (κ2) is 8.93. The number of nitrogens with one attached hydrogen (secondary N) is 1. The van der Waals surface area contributed by atoms with E-state index < -0.39 is 0 Å². The second-order valence-electron chi connectivity index (χ2n) is 6.29. The van der Waals surface area contributed by atoms with Crippen LogP contribution in [0, 0.1) is 17.8 Å². The first-order valence-electron chi connectivity index (χ1n) is 7.30. The number of hydrogen-bond donors (Lipinski definition) is 1. The van der Waals surface area contributed by atoms with E-state index in [9.17, 15) is 0 Å². The second-order valence-corrected chi connectivity index (χ2v) is 6.29. The fourth-order valence-corrected chi connectivity index (χ4v) is 2.37. The highest BCUT2D eigenvalue weighted by molar-refractivity contribution is 4.76. The summed E-state index contributed by atoms with van der Waals surface area (Å²) in [7, 11) is 2.10. The van der Waals surface area contributed by atoms with Crippen molar-refractivity contribution in [2.45, 2.75) is 54.0 Å². The molecular weight excluding hydrogens is 208 g/mol. The van der Waals surface area contributed by atoms with Crippen molar-refractivity contribution < 1.29 is 0 Å². The molecule has 0 bridgehead atoms. The maximum atomic E-state index is 3.49. The molecule has 0 aromatic carbocycles. The third-order valence-electron chi connectivity index (χ3n) is 3.40. The van der Waals surface area contributed by atoms with Crippen LogP contribution >= 0.6 is 0 Å². The van der Waals surface area contributed by atoms with Gasteiger partial charge in [-0.15, -0.1) is 0 Å². The van der Waals surface area contributed by atoms with Crippen LogP contribution in [0.4, 0.5) is 0 Å². The summed E-state index contributed by atoms with van der Waals surface area (Å²) in [5.41, 5.74) is 0. The summed E-state index contributed by atoms with van der Waals surface area (Å²) in [6.45, 7) is 17.5. The van der Waals surface area contributed by atoms with Gasteiger partial charge in [-0.1, -0.05) is 48.0 Å². The summed E-state index contributed by atoms with van der Waals surface area (Å²) in [4.78, 5) is 2.63. The molecule has 0 aromatic heterocycles. The summed E-state index contributed by atoms with van der Waals surface area (Å²) in [5.74, 6) is 2.26. The summed E-state index contributed by atoms with van der Waals surface area (Å²) in [6, 6.07) is 0.623. The van der Waals surface area contributed by atoms with E-state index in [0.717, 1.165) is 17.8 Å². The zero-order valence-electron chi connectivity index (χ0n) is 13.1. The molecule has 0 aliphatic rings. The minimum Gasteiger partial charge on any atom is -0.315 e. The van der Waals surface area contributed by atoms with Gasteiger partial charge in [-0.25, -0.2) is 0 Å². The van der Waals surface area contributed by atoms with Crippen molar-refractivity contribution in [3.8, 4) is 0 Å². The Kier molecular flexibility index (Phi) is 8.89. The van der Waals surface area contributed by atoms with Crippen LogP contribution < -0.4 is 5.32 Å². The fourth-order valence-electron chi connectivity index (χ4n) is 2.37. The van der Waals surface area contributed by atoms with Crippen molar-refractivity contribution in [3.05, 3.63) is 0 Å². The molecule has 2 atom stereocenters. The first kappa shape index (κ1) is 16.9. The van der Waals surface area contributed by atoms with Gasteiger partial charge in [0.2, 0.25) is 0 Å². The topological polar surface area (TPSA) is 15.3 Å². The lowest BCUT2D eigenvalue weighted by molar-refractivity contribution is 0.179. The van der Waals surface area contributed by atoms with Crippen molar-refractivity contribution >= 4 is 0 Å². The molecule has 0 heterocycles. The van der Waals surface area contributed by atoms with Gasteiger partial charge in [0.15, 0.2) is 0 Å². The maximum Gasteiger partial charge on any atom is 0.0217 e. The van der Waals surface area contributed by atoms with E-state index in [4.69, 9.17) is 0 Å². The van der Waals surface area contributed by atoms with E-state index in [1.807, 2.05) is 0 Å². The molecule has 2 nitrogen and oxygen atoms in total. The number of nitrogens with zero attached hydrogens (tertiary/aromatic N) is 1. The first-order chi connectivity index (χ1) is 7.90. The average molecular weight is 242 g/mol. The van der Waals surface area contributed by atoms with Crippen LogP contribution in [-0.4, -0.2) is 37.6 Å². The van der Waals surface area contributed by atoms with Crippen LogP contribution in [0.2, 0.25) is 0 Å². The van der Waals surface area contributed by atoms with Gasteiger partial charge in [-0.3, -0.25) is 0 Å². The summed E-state index contributed by atoms with van der Waals surface area (Å²) < 4.78 is 0. The normalized spacial score (nSPS) is 15.9. The highest BCUT2D eigenvalue weighted by Gasteiger charge is 2.18. The molecule has 0 spiro atoms. The average Bonchev–Trinajstić information content (AvgIpc) is 2.22. The lowest BCUT2D eigenvalue weighted by atomic mass is 9.98. The zero-order valence-corrected chi connectivity index (χ0v) is 13.1. The van der Waals surface area contributed by atoms with Crippen molar-refractivity contribution in [2.75, 3.05) is 26.7 Å². The van der Waals surface area contributed by atoms with E-state index in [0.29, 0.717) is 6.04 Å². The Bertz CT molecular complexity index is 168. The number of hydrogen-bond acceptors (Lipinski definition) is 2. The molecule has 17 heavy (non-hydrogen) atoms. The smallest absolute Gasteiger partial charge is 0.0217 e. The predicted molar refractivity (Wildman–Crippen MR) is 78.4 cm³/mol.